The van der Waals surface area contributed by atoms with Gasteiger partial charge < -0.3 is 14.4 Å². The molecule has 6 aromatic carbocycles. The van der Waals surface area contributed by atoms with E-state index >= 15 is 0 Å². The molecule has 2 unspecified atom stereocenters. The predicted molar refractivity (Wildman–Crippen MR) is 212 cm³/mol. The van der Waals surface area contributed by atoms with Gasteiger partial charge in [0.15, 0.2) is 12.1 Å². The van der Waals surface area contributed by atoms with E-state index in [9.17, 15) is 0 Å². The third-order valence-electron chi connectivity index (χ3n) is 10.7. The lowest BCUT2D eigenvalue weighted by Crippen LogP contribution is -2.32. The van der Waals surface area contributed by atoms with E-state index in [1.807, 2.05) is 18.2 Å². The minimum absolute atomic E-state index is 0.0863. The summed E-state index contributed by atoms with van der Waals surface area (Å²) in [5, 5.41) is 2.44. The van der Waals surface area contributed by atoms with Crippen molar-refractivity contribution in [1.82, 2.24) is 0 Å². The van der Waals surface area contributed by atoms with Crippen LogP contribution in [-0.2, 0) is 6.42 Å². The molecule has 0 spiro atoms. The molecule has 6 aromatic rings. The Bertz CT molecular complexity index is 2530. The van der Waals surface area contributed by atoms with Crippen LogP contribution in [-0.4, -0.2) is 6.23 Å². The first-order valence-corrected chi connectivity index (χ1v) is 17.9. The van der Waals surface area contributed by atoms with Crippen LogP contribution < -0.4 is 19.3 Å². The second kappa shape index (κ2) is 12.4. The van der Waals surface area contributed by atoms with Gasteiger partial charge in [-0.25, -0.2) is 0 Å². The maximum Gasteiger partial charge on any atom is 0.197 e. The number of benzene rings is 6. The molecule has 3 heterocycles. The molecule has 0 fully saturated rings. The minimum Gasteiger partial charge on any atom is -0.469 e. The lowest BCUT2D eigenvalue weighted by molar-refractivity contribution is 0.234. The van der Waals surface area contributed by atoms with Crippen LogP contribution in [0.25, 0.3) is 21.9 Å². The third kappa shape index (κ3) is 4.98. The van der Waals surface area contributed by atoms with E-state index in [1.54, 1.807) is 0 Å². The van der Waals surface area contributed by atoms with E-state index in [0.29, 0.717) is 5.88 Å². The Kier molecular flexibility index (Phi) is 7.21. The SMILES string of the molecule is C=C1Oc2ccccc2Cc2cc(-c3ccc4c(c3)C3c5ccccc5N(c5cccc6ccccc56)C3O4)ccc2N1/C1=C/C=C\C=C/C=C\C1. The van der Waals surface area contributed by atoms with Gasteiger partial charge in [-0.05, 0) is 88.3 Å². The van der Waals surface area contributed by atoms with Gasteiger partial charge in [0.2, 0.25) is 0 Å². The highest BCUT2D eigenvalue weighted by Crippen LogP contribution is 2.56. The van der Waals surface area contributed by atoms with Crippen molar-refractivity contribution in [2.45, 2.75) is 25.0 Å². The molecule has 4 heteroatoms. The molecule has 250 valence electrons. The summed E-state index contributed by atoms with van der Waals surface area (Å²) in [7, 11) is 0. The second-order valence-electron chi connectivity index (χ2n) is 13.7. The molecule has 0 N–H and O–H groups in total. The molecule has 1 aliphatic carbocycles. The molecule has 0 saturated heterocycles. The van der Waals surface area contributed by atoms with Gasteiger partial charge in [0.05, 0.1) is 17.3 Å². The first-order chi connectivity index (χ1) is 25.7. The number of ether oxygens (including phenoxy) is 2. The smallest absolute Gasteiger partial charge is 0.197 e. The quantitative estimate of drug-likeness (QED) is 0.187. The maximum atomic E-state index is 6.88. The van der Waals surface area contributed by atoms with Crippen molar-refractivity contribution in [3.05, 3.63) is 210 Å². The highest BCUT2D eigenvalue weighted by atomic mass is 16.5. The predicted octanol–water partition coefficient (Wildman–Crippen LogP) is 11.7. The van der Waals surface area contributed by atoms with Crippen LogP contribution in [0.4, 0.5) is 17.1 Å². The summed E-state index contributed by atoms with van der Waals surface area (Å²) in [6, 6.07) is 45.7. The van der Waals surface area contributed by atoms with Gasteiger partial charge in [0.1, 0.15) is 11.5 Å². The summed E-state index contributed by atoms with van der Waals surface area (Å²) in [5.41, 5.74) is 11.7. The fraction of sp³-hybridized carbons (Fsp3) is 0.0833. The van der Waals surface area contributed by atoms with Crippen LogP contribution in [0.1, 0.15) is 34.6 Å². The summed E-state index contributed by atoms with van der Waals surface area (Å²) in [6.45, 7) is 4.44. The number of rotatable bonds is 3. The normalized spacial score (nSPS) is 21.2. The standard InChI is InChI=1S/C48H36N2O2/c1-32-49(38-18-6-4-2-3-5-7-19-38)42-27-25-34(29-37(42)30-36-16-9-13-24-45(36)51-32)35-26-28-46-41(31-35)47-40-21-11-12-22-44(40)50(48(47)52-46)43-23-14-17-33-15-8-10-20-39(33)43/h2-18,20-29,31,47-48H,1,19,30H2/b3-2-,6-4-,7-5-,38-18+. The van der Waals surface area contributed by atoms with Crippen LogP contribution in [0.5, 0.6) is 11.5 Å². The van der Waals surface area contributed by atoms with Gasteiger partial charge in [0, 0.05) is 35.2 Å². The van der Waals surface area contributed by atoms with E-state index in [0.717, 1.165) is 41.3 Å². The van der Waals surface area contributed by atoms with Gasteiger partial charge in [-0.15, -0.1) is 0 Å². The molecule has 3 aliphatic heterocycles. The highest BCUT2D eigenvalue weighted by Gasteiger charge is 2.47. The fourth-order valence-corrected chi connectivity index (χ4v) is 8.31. The zero-order valence-corrected chi connectivity index (χ0v) is 28.7. The van der Waals surface area contributed by atoms with Gasteiger partial charge in [-0.1, -0.05) is 121 Å². The first-order valence-electron chi connectivity index (χ1n) is 17.9. The molecule has 0 radical (unpaired) electrons. The lowest BCUT2D eigenvalue weighted by atomic mass is 9.90. The van der Waals surface area contributed by atoms with Crippen LogP contribution in [0.3, 0.4) is 0 Å². The number of hydrogen-bond donors (Lipinski definition) is 0. The van der Waals surface area contributed by atoms with E-state index in [4.69, 9.17) is 9.47 Å². The number of nitrogens with zero attached hydrogens (tertiary/aromatic N) is 2. The summed E-state index contributed by atoms with van der Waals surface area (Å²) >= 11 is 0. The lowest BCUT2D eigenvalue weighted by Gasteiger charge is -2.33. The van der Waals surface area contributed by atoms with Crippen molar-refractivity contribution < 1.29 is 9.47 Å². The number of fused-ring (bicyclic) bond motifs is 8. The largest absolute Gasteiger partial charge is 0.469 e. The monoisotopic (exact) mass is 672 g/mol. The molecule has 2 atom stereocenters. The van der Waals surface area contributed by atoms with E-state index in [-0.39, 0.29) is 12.1 Å². The molecule has 0 amide bonds. The van der Waals surface area contributed by atoms with Crippen molar-refractivity contribution in [2.75, 3.05) is 9.80 Å². The van der Waals surface area contributed by atoms with Gasteiger partial charge in [-0.2, -0.15) is 0 Å². The Hall–Kier alpha value is -6.52. The summed E-state index contributed by atoms with van der Waals surface area (Å²) in [5.74, 6) is 2.45. The Morgan fingerprint density at radius 3 is 2.35 bits per heavy atom. The number of anilines is 3. The molecular formula is C48H36N2O2. The number of hydrogen-bond acceptors (Lipinski definition) is 4. The van der Waals surface area contributed by atoms with Crippen LogP contribution in [0, 0.1) is 0 Å². The van der Waals surface area contributed by atoms with Gasteiger partial charge in [-0.3, -0.25) is 4.90 Å². The fourth-order valence-electron chi connectivity index (χ4n) is 8.31. The summed E-state index contributed by atoms with van der Waals surface area (Å²) < 4.78 is 13.3. The van der Waals surface area contributed by atoms with Crippen molar-refractivity contribution in [3.8, 4) is 22.6 Å². The van der Waals surface area contributed by atoms with Gasteiger partial charge in [0.25, 0.3) is 0 Å². The van der Waals surface area contributed by atoms with Crippen molar-refractivity contribution >= 4 is 27.8 Å². The molecule has 10 rings (SSSR count). The summed E-state index contributed by atoms with van der Waals surface area (Å²) in [6.07, 6.45) is 15.9. The van der Waals surface area contributed by atoms with E-state index in [1.165, 1.54) is 50.0 Å². The molecule has 0 bridgehead atoms. The van der Waals surface area contributed by atoms with Crippen LogP contribution >= 0.6 is 0 Å². The molecular weight excluding hydrogens is 637 g/mol. The molecule has 4 aliphatic rings. The number of allylic oxidation sites excluding steroid dienone is 7. The van der Waals surface area contributed by atoms with Crippen LogP contribution in [0.15, 0.2) is 188 Å². The highest BCUT2D eigenvalue weighted by molar-refractivity contribution is 5.97. The Morgan fingerprint density at radius 2 is 1.37 bits per heavy atom. The average molecular weight is 673 g/mol. The molecule has 0 saturated carbocycles. The zero-order valence-electron chi connectivity index (χ0n) is 28.7. The molecule has 4 nitrogen and oxygen atoms in total. The topological polar surface area (TPSA) is 24.9 Å². The average Bonchev–Trinajstić information content (AvgIpc) is 3.74. The number of para-hydroxylation sites is 2. The molecule has 52 heavy (non-hydrogen) atoms. The van der Waals surface area contributed by atoms with Gasteiger partial charge >= 0.3 is 0 Å². The Labute approximate surface area is 304 Å². The van der Waals surface area contributed by atoms with E-state index in [2.05, 4.69) is 168 Å². The Balaban J connectivity index is 1.07. The third-order valence-corrected chi connectivity index (χ3v) is 10.7. The first kappa shape index (κ1) is 30.3. The minimum atomic E-state index is -0.167. The second-order valence-corrected chi connectivity index (χ2v) is 13.7. The van der Waals surface area contributed by atoms with Crippen molar-refractivity contribution in [1.29, 1.82) is 0 Å². The van der Waals surface area contributed by atoms with Crippen molar-refractivity contribution in [3.63, 3.8) is 0 Å². The maximum absolute atomic E-state index is 6.88. The molecule has 0 aromatic heterocycles. The van der Waals surface area contributed by atoms with Crippen LogP contribution in [0.2, 0.25) is 0 Å². The zero-order chi connectivity index (χ0) is 34.6. The van der Waals surface area contributed by atoms with Crippen molar-refractivity contribution in [2.24, 2.45) is 0 Å². The van der Waals surface area contributed by atoms with E-state index < -0.39 is 0 Å². The summed E-state index contributed by atoms with van der Waals surface area (Å²) in [4.78, 5) is 4.58. The Morgan fingerprint density at radius 1 is 0.596 bits per heavy atom.